The van der Waals surface area contributed by atoms with Crippen LogP contribution in [0.5, 0.6) is 0 Å². The highest BCUT2D eigenvalue weighted by atomic mass is 32.1. The Kier molecular flexibility index (Phi) is 5.49. The predicted molar refractivity (Wildman–Crippen MR) is 84.6 cm³/mol. The molecule has 1 heterocycles. The molecule has 0 aliphatic heterocycles. The summed E-state index contributed by atoms with van der Waals surface area (Å²) in [7, 11) is 1.62. The van der Waals surface area contributed by atoms with E-state index in [1.807, 2.05) is 19.1 Å². The Balaban J connectivity index is 1.84. The molecule has 3 N–H and O–H groups in total. The number of nitrogen functional groups attached to an aromatic ring is 1. The summed E-state index contributed by atoms with van der Waals surface area (Å²) in [6, 6.07) is 5.48. The van der Waals surface area contributed by atoms with Crippen molar-refractivity contribution in [2.75, 3.05) is 31.4 Å². The highest BCUT2D eigenvalue weighted by Gasteiger charge is 2.09. The number of amides is 1. The van der Waals surface area contributed by atoms with E-state index in [0.717, 1.165) is 10.2 Å². The molecule has 0 saturated carbocycles. The van der Waals surface area contributed by atoms with E-state index in [0.29, 0.717) is 24.0 Å². The first kappa shape index (κ1) is 15.7. The third-order valence-corrected chi connectivity index (χ3v) is 3.73. The summed E-state index contributed by atoms with van der Waals surface area (Å²) >= 11 is 1.40. The number of aromatic nitrogens is 1. The van der Waals surface area contributed by atoms with Crippen LogP contribution in [0.3, 0.4) is 0 Å². The maximum atomic E-state index is 11.8. The van der Waals surface area contributed by atoms with Gasteiger partial charge in [-0.15, -0.1) is 0 Å². The lowest BCUT2D eigenvalue weighted by Gasteiger charge is -2.11. The number of nitrogens with two attached hydrogens (primary N) is 1. The first-order chi connectivity index (χ1) is 10.1. The minimum atomic E-state index is -0.119. The highest BCUT2D eigenvalue weighted by molar-refractivity contribution is 7.22. The van der Waals surface area contributed by atoms with Crippen LogP contribution in [0.15, 0.2) is 18.2 Å². The third kappa shape index (κ3) is 4.66. The van der Waals surface area contributed by atoms with Crippen molar-refractivity contribution in [2.45, 2.75) is 19.4 Å². The molecular weight excluding hydrogens is 290 g/mol. The third-order valence-electron chi connectivity index (χ3n) is 2.79. The summed E-state index contributed by atoms with van der Waals surface area (Å²) in [4.78, 5) is 16.2. The number of thiazole rings is 1. The van der Waals surface area contributed by atoms with E-state index in [1.54, 1.807) is 13.2 Å². The Bertz CT molecular complexity index is 615. The number of carbonyl (C=O) groups is 1. The molecule has 0 fully saturated rings. The monoisotopic (exact) mass is 309 g/mol. The van der Waals surface area contributed by atoms with E-state index < -0.39 is 0 Å². The van der Waals surface area contributed by atoms with Crippen molar-refractivity contribution in [2.24, 2.45) is 0 Å². The fourth-order valence-corrected chi connectivity index (χ4v) is 2.74. The van der Waals surface area contributed by atoms with Gasteiger partial charge in [0.25, 0.3) is 0 Å². The minimum Gasteiger partial charge on any atom is -0.399 e. The Morgan fingerprint density at radius 1 is 1.52 bits per heavy atom. The first-order valence-electron chi connectivity index (χ1n) is 6.65. The summed E-state index contributed by atoms with van der Waals surface area (Å²) < 4.78 is 11.4. The molecule has 114 valence electrons. The van der Waals surface area contributed by atoms with E-state index in [4.69, 9.17) is 15.2 Å². The molecule has 1 atom stereocenters. The maximum absolute atomic E-state index is 11.8. The number of hydrogen-bond donors (Lipinski definition) is 2. The van der Waals surface area contributed by atoms with Gasteiger partial charge in [0.2, 0.25) is 5.91 Å². The number of hydrogen-bond acceptors (Lipinski definition) is 6. The van der Waals surface area contributed by atoms with Gasteiger partial charge in [0, 0.05) is 12.8 Å². The fraction of sp³-hybridized carbons (Fsp3) is 0.429. The zero-order valence-corrected chi connectivity index (χ0v) is 12.9. The highest BCUT2D eigenvalue weighted by Crippen LogP contribution is 2.27. The van der Waals surface area contributed by atoms with E-state index in [-0.39, 0.29) is 18.4 Å². The summed E-state index contributed by atoms with van der Waals surface area (Å²) in [6.45, 7) is 2.77. The SMILES string of the molecule is COCC(C)OCCC(=O)Nc1nc2ccc(N)cc2s1. The molecule has 0 bridgehead atoms. The molecule has 7 heteroatoms. The number of carbonyl (C=O) groups excluding carboxylic acids is 1. The van der Waals surface area contributed by atoms with Crippen molar-refractivity contribution in [1.29, 1.82) is 0 Å². The van der Waals surface area contributed by atoms with Gasteiger partial charge in [-0.3, -0.25) is 4.79 Å². The van der Waals surface area contributed by atoms with E-state index in [1.165, 1.54) is 11.3 Å². The van der Waals surface area contributed by atoms with Crippen molar-refractivity contribution in [1.82, 2.24) is 4.98 Å². The van der Waals surface area contributed by atoms with Crippen LogP contribution in [0.1, 0.15) is 13.3 Å². The number of fused-ring (bicyclic) bond motifs is 1. The fourth-order valence-electron chi connectivity index (χ4n) is 1.81. The van der Waals surface area contributed by atoms with Crippen LogP contribution >= 0.6 is 11.3 Å². The van der Waals surface area contributed by atoms with Crippen molar-refractivity contribution in [3.05, 3.63) is 18.2 Å². The quantitative estimate of drug-likeness (QED) is 0.766. The second-order valence-electron chi connectivity index (χ2n) is 4.68. The van der Waals surface area contributed by atoms with E-state index >= 15 is 0 Å². The lowest BCUT2D eigenvalue weighted by molar-refractivity contribution is -0.117. The first-order valence-corrected chi connectivity index (χ1v) is 7.46. The van der Waals surface area contributed by atoms with Crippen LogP contribution < -0.4 is 11.1 Å². The molecule has 2 aromatic rings. The van der Waals surface area contributed by atoms with Gasteiger partial charge in [0.1, 0.15) is 0 Å². The normalized spacial score (nSPS) is 12.5. The number of anilines is 2. The smallest absolute Gasteiger partial charge is 0.228 e. The number of rotatable bonds is 7. The van der Waals surface area contributed by atoms with Crippen LogP contribution in [-0.4, -0.2) is 37.3 Å². The Morgan fingerprint density at radius 3 is 3.10 bits per heavy atom. The zero-order valence-electron chi connectivity index (χ0n) is 12.1. The van der Waals surface area contributed by atoms with E-state index in [9.17, 15) is 4.79 Å². The summed E-state index contributed by atoms with van der Waals surface area (Å²) in [5.41, 5.74) is 7.23. The molecule has 1 aromatic heterocycles. The van der Waals surface area contributed by atoms with Crippen LogP contribution in [-0.2, 0) is 14.3 Å². The number of nitrogens with zero attached hydrogens (tertiary/aromatic N) is 1. The Morgan fingerprint density at radius 2 is 2.33 bits per heavy atom. The van der Waals surface area contributed by atoms with Crippen LogP contribution in [0, 0.1) is 0 Å². The molecule has 1 aromatic carbocycles. The number of methoxy groups -OCH3 is 1. The van der Waals surface area contributed by atoms with Gasteiger partial charge in [0.05, 0.1) is 36.0 Å². The Labute approximate surface area is 127 Å². The molecule has 2 rings (SSSR count). The van der Waals surface area contributed by atoms with Gasteiger partial charge < -0.3 is 20.5 Å². The van der Waals surface area contributed by atoms with Gasteiger partial charge in [-0.1, -0.05) is 11.3 Å². The summed E-state index contributed by atoms with van der Waals surface area (Å²) in [5.74, 6) is -0.119. The van der Waals surface area contributed by atoms with Crippen molar-refractivity contribution in [3.8, 4) is 0 Å². The van der Waals surface area contributed by atoms with Gasteiger partial charge in [-0.25, -0.2) is 4.98 Å². The van der Waals surface area contributed by atoms with Crippen LogP contribution in [0.2, 0.25) is 0 Å². The van der Waals surface area contributed by atoms with Crippen molar-refractivity contribution >= 4 is 38.3 Å². The topological polar surface area (TPSA) is 86.5 Å². The molecule has 0 spiro atoms. The van der Waals surface area contributed by atoms with Gasteiger partial charge in [-0.05, 0) is 25.1 Å². The molecule has 1 amide bonds. The Hall–Kier alpha value is -1.70. The van der Waals surface area contributed by atoms with Gasteiger partial charge in [0.15, 0.2) is 5.13 Å². The molecular formula is C14H19N3O3S. The molecule has 6 nitrogen and oxygen atoms in total. The van der Waals surface area contributed by atoms with Gasteiger partial charge >= 0.3 is 0 Å². The molecule has 21 heavy (non-hydrogen) atoms. The maximum Gasteiger partial charge on any atom is 0.228 e. The van der Waals surface area contributed by atoms with Crippen molar-refractivity contribution in [3.63, 3.8) is 0 Å². The zero-order chi connectivity index (χ0) is 15.2. The number of nitrogens with one attached hydrogen (secondary N) is 1. The second kappa shape index (κ2) is 7.35. The molecule has 0 radical (unpaired) electrons. The largest absolute Gasteiger partial charge is 0.399 e. The number of benzene rings is 1. The molecule has 0 aliphatic carbocycles. The summed E-state index contributed by atoms with van der Waals surface area (Å²) in [5, 5.41) is 3.35. The minimum absolute atomic E-state index is 0.0202. The lowest BCUT2D eigenvalue weighted by atomic mass is 10.3. The number of ether oxygens (including phenoxy) is 2. The van der Waals surface area contributed by atoms with Crippen LogP contribution in [0.4, 0.5) is 10.8 Å². The average molecular weight is 309 g/mol. The van der Waals surface area contributed by atoms with E-state index in [2.05, 4.69) is 10.3 Å². The average Bonchev–Trinajstić information content (AvgIpc) is 2.80. The molecule has 0 aliphatic rings. The standard InChI is InChI=1S/C14H19N3O3S/c1-9(8-19-2)20-6-5-13(18)17-14-16-11-4-3-10(15)7-12(11)21-14/h3-4,7,9H,5-6,8,15H2,1-2H3,(H,16,17,18). The lowest BCUT2D eigenvalue weighted by Crippen LogP contribution is -2.19. The second-order valence-corrected chi connectivity index (χ2v) is 5.71. The van der Waals surface area contributed by atoms with Crippen molar-refractivity contribution < 1.29 is 14.3 Å². The molecule has 0 saturated heterocycles. The van der Waals surface area contributed by atoms with Gasteiger partial charge in [-0.2, -0.15) is 0 Å². The van der Waals surface area contributed by atoms with Crippen LogP contribution in [0.25, 0.3) is 10.2 Å². The summed E-state index contributed by atoms with van der Waals surface area (Å²) in [6.07, 6.45) is 0.264. The molecule has 1 unspecified atom stereocenters. The predicted octanol–water partition coefficient (Wildman–Crippen LogP) is 2.26.